The summed E-state index contributed by atoms with van der Waals surface area (Å²) in [6.07, 6.45) is 5.10. The molecule has 0 aliphatic carbocycles. The van der Waals surface area contributed by atoms with Gasteiger partial charge in [0.2, 0.25) is 0 Å². The summed E-state index contributed by atoms with van der Waals surface area (Å²) in [5.41, 5.74) is 1.33. The van der Waals surface area contributed by atoms with E-state index in [-0.39, 0.29) is 11.3 Å². The van der Waals surface area contributed by atoms with E-state index in [4.69, 9.17) is 4.74 Å². The van der Waals surface area contributed by atoms with Crippen LogP contribution in [0.2, 0.25) is 0 Å². The molecule has 1 aliphatic heterocycles. The molecule has 6 heteroatoms. The molecule has 140 valence electrons. The van der Waals surface area contributed by atoms with E-state index in [9.17, 15) is 4.79 Å². The molecule has 1 amide bonds. The minimum Gasteiger partial charge on any atom is -0.369 e. The minimum atomic E-state index is -0.794. The van der Waals surface area contributed by atoms with E-state index in [2.05, 4.69) is 23.9 Å². The standard InChI is InChI=1S/C20H28N4O2/c1-6-20(4,26-5)18(25)23-13-15-12-22-24(17-9-7-8-10-21-17)16(15)11-19(2,3)14-23/h7-10,12H,6,11,13-14H2,1-5H3. The van der Waals surface area contributed by atoms with E-state index in [1.165, 1.54) is 0 Å². The van der Waals surface area contributed by atoms with E-state index in [0.29, 0.717) is 19.5 Å². The van der Waals surface area contributed by atoms with Crippen LogP contribution in [0.25, 0.3) is 5.82 Å². The van der Waals surface area contributed by atoms with Crippen molar-refractivity contribution in [2.24, 2.45) is 5.41 Å². The summed E-state index contributed by atoms with van der Waals surface area (Å²) in [6, 6.07) is 5.80. The Morgan fingerprint density at radius 2 is 2.15 bits per heavy atom. The summed E-state index contributed by atoms with van der Waals surface area (Å²) in [6.45, 7) is 9.45. The third kappa shape index (κ3) is 3.38. The van der Waals surface area contributed by atoms with Gasteiger partial charge in [0, 0.05) is 32.0 Å². The molecule has 3 heterocycles. The summed E-state index contributed by atoms with van der Waals surface area (Å²) in [7, 11) is 1.61. The molecule has 26 heavy (non-hydrogen) atoms. The first kappa shape index (κ1) is 18.6. The van der Waals surface area contributed by atoms with Crippen LogP contribution in [0.1, 0.15) is 45.4 Å². The Bertz CT molecular complexity index is 778. The summed E-state index contributed by atoms with van der Waals surface area (Å²) in [5, 5.41) is 4.56. The second-order valence-electron chi connectivity index (χ2n) is 8.01. The third-order valence-electron chi connectivity index (χ3n) is 5.31. The van der Waals surface area contributed by atoms with Crippen molar-refractivity contribution < 1.29 is 9.53 Å². The highest BCUT2D eigenvalue weighted by Crippen LogP contribution is 2.33. The number of rotatable bonds is 4. The first-order valence-corrected chi connectivity index (χ1v) is 9.11. The number of amides is 1. The van der Waals surface area contributed by atoms with Crippen LogP contribution < -0.4 is 0 Å². The topological polar surface area (TPSA) is 60.2 Å². The summed E-state index contributed by atoms with van der Waals surface area (Å²) < 4.78 is 7.45. The van der Waals surface area contributed by atoms with Gasteiger partial charge in [0.05, 0.1) is 11.9 Å². The monoisotopic (exact) mass is 356 g/mol. The highest BCUT2D eigenvalue weighted by atomic mass is 16.5. The molecule has 2 aromatic heterocycles. The van der Waals surface area contributed by atoms with E-state index in [1.54, 1.807) is 13.3 Å². The second kappa shape index (κ2) is 6.83. The fraction of sp³-hybridized carbons (Fsp3) is 0.550. The van der Waals surface area contributed by atoms with Crippen LogP contribution in [0.4, 0.5) is 0 Å². The fourth-order valence-corrected chi connectivity index (χ4v) is 3.55. The van der Waals surface area contributed by atoms with Crippen molar-refractivity contribution in [3.63, 3.8) is 0 Å². The summed E-state index contributed by atoms with van der Waals surface area (Å²) in [4.78, 5) is 19.5. The van der Waals surface area contributed by atoms with Gasteiger partial charge in [-0.1, -0.05) is 26.8 Å². The number of nitrogens with zero attached hydrogens (tertiary/aromatic N) is 4. The van der Waals surface area contributed by atoms with E-state index < -0.39 is 5.60 Å². The predicted octanol–water partition coefficient (Wildman–Crippen LogP) is 2.99. The Labute approximate surface area is 155 Å². The zero-order valence-electron chi connectivity index (χ0n) is 16.3. The molecule has 0 N–H and O–H groups in total. The fourth-order valence-electron chi connectivity index (χ4n) is 3.55. The lowest BCUT2D eigenvalue weighted by Crippen LogP contribution is -2.49. The maximum atomic E-state index is 13.2. The van der Waals surface area contributed by atoms with Crippen LogP contribution in [0, 0.1) is 5.41 Å². The molecule has 0 spiro atoms. The zero-order chi connectivity index (χ0) is 18.9. The average Bonchev–Trinajstić information content (AvgIpc) is 2.95. The van der Waals surface area contributed by atoms with Gasteiger partial charge in [0.25, 0.3) is 5.91 Å². The van der Waals surface area contributed by atoms with Gasteiger partial charge in [-0.3, -0.25) is 4.79 Å². The van der Waals surface area contributed by atoms with Gasteiger partial charge in [-0.05, 0) is 37.3 Å². The molecule has 0 radical (unpaired) electrons. The number of fused-ring (bicyclic) bond motifs is 1. The first-order chi connectivity index (χ1) is 12.3. The predicted molar refractivity (Wildman–Crippen MR) is 100.0 cm³/mol. The third-order valence-corrected chi connectivity index (χ3v) is 5.31. The molecule has 0 saturated heterocycles. The van der Waals surface area contributed by atoms with Gasteiger partial charge < -0.3 is 9.64 Å². The van der Waals surface area contributed by atoms with Gasteiger partial charge in [-0.25, -0.2) is 9.67 Å². The molecule has 0 aromatic carbocycles. The summed E-state index contributed by atoms with van der Waals surface area (Å²) in [5.74, 6) is 0.841. The molecular weight excluding hydrogens is 328 g/mol. The number of aromatic nitrogens is 3. The van der Waals surface area contributed by atoms with Crippen molar-refractivity contribution in [1.29, 1.82) is 0 Å². The number of carbonyl (C=O) groups excluding carboxylic acids is 1. The van der Waals surface area contributed by atoms with Gasteiger partial charge in [0.1, 0.15) is 5.60 Å². The molecule has 1 aliphatic rings. The molecule has 0 saturated carbocycles. The maximum Gasteiger partial charge on any atom is 0.254 e. The van der Waals surface area contributed by atoms with E-state index in [0.717, 1.165) is 23.5 Å². The lowest BCUT2D eigenvalue weighted by Gasteiger charge is -2.35. The Hall–Kier alpha value is -2.21. The minimum absolute atomic E-state index is 0.0361. The number of ether oxygens (including phenoxy) is 1. The largest absolute Gasteiger partial charge is 0.369 e. The van der Waals surface area contributed by atoms with Gasteiger partial charge in [-0.2, -0.15) is 5.10 Å². The maximum absolute atomic E-state index is 13.2. The number of carbonyl (C=O) groups is 1. The Morgan fingerprint density at radius 3 is 2.77 bits per heavy atom. The van der Waals surface area contributed by atoms with Gasteiger partial charge in [-0.15, -0.1) is 0 Å². The normalized spacial score (nSPS) is 18.7. The lowest BCUT2D eigenvalue weighted by molar-refractivity contribution is -0.155. The number of hydrogen-bond acceptors (Lipinski definition) is 4. The van der Waals surface area contributed by atoms with Crippen molar-refractivity contribution >= 4 is 5.91 Å². The molecule has 3 rings (SSSR count). The van der Waals surface area contributed by atoms with Crippen molar-refractivity contribution in [1.82, 2.24) is 19.7 Å². The molecule has 1 atom stereocenters. The van der Waals surface area contributed by atoms with E-state index >= 15 is 0 Å². The zero-order valence-corrected chi connectivity index (χ0v) is 16.3. The van der Waals surface area contributed by atoms with Crippen molar-refractivity contribution in [2.45, 2.75) is 52.7 Å². The Morgan fingerprint density at radius 1 is 1.38 bits per heavy atom. The Kier molecular flexibility index (Phi) is 4.88. The van der Waals surface area contributed by atoms with Crippen molar-refractivity contribution in [3.05, 3.63) is 41.9 Å². The summed E-state index contributed by atoms with van der Waals surface area (Å²) >= 11 is 0. The number of hydrogen-bond donors (Lipinski definition) is 0. The smallest absolute Gasteiger partial charge is 0.254 e. The molecule has 0 fully saturated rings. The quantitative estimate of drug-likeness (QED) is 0.845. The van der Waals surface area contributed by atoms with Crippen molar-refractivity contribution in [2.75, 3.05) is 13.7 Å². The van der Waals surface area contributed by atoms with Crippen LogP contribution in [0.5, 0.6) is 0 Å². The number of methoxy groups -OCH3 is 1. The molecule has 0 bridgehead atoms. The molecule has 1 unspecified atom stereocenters. The van der Waals surface area contributed by atoms with E-state index in [1.807, 2.05) is 47.8 Å². The van der Waals surface area contributed by atoms with Gasteiger partial charge in [0.15, 0.2) is 5.82 Å². The molecule has 2 aromatic rings. The SMILES string of the molecule is CCC(C)(OC)C(=O)N1Cc2cnn(-c3ccccn3)c2CC(C)(C)C1. The second-order valence-corrected chi connectivity index (χ2v) is 8.01. The number of pyridine rings is 1. The first-order valence-electron chi connectivity index (χ1n) is 9.11. The van der Waals surface area contributed by atoms with Crippen LogP contribution in [-0.4, -0.2) is 44.8 Å². The molecular formula is C20H28N4O2. The lowest BCUT2D eigenvalue weighted by atomic mass is 9.87. The molecule has 6 nitrogen and oxygen atoms in total. The highest BCUT2D eigenvalue weighted by molar-refractivity contribution is 5.85. The Balaban J connectivity index is 1.99. The highest BCUT2D eigenvalue weighted by Gasteiger charge is 2.40. The van der Waals surface area contributed by atoms with Crippen LogP contribution in [0.3, 0.4) is 0 Å². The van der Waals surface area contributed by atoms with Crippen molar-refractivity contribution in [3.8, 4) is 5.82 Å². The van der Waals surface area contributed by atoms with Crippen LogP contribution >= 0.6 is 0 Å². The van der Waals surface area contributed by atoms with Crippen LogP contribution in [0.15, 0.2) is 30.6 Å². The average molecular weight is 356 g/mol. The van der Waals surface area contributed by atoms with Crippen LogP contribution in [-0.2, 0) is 22.5 Å². The van der Waals surface area contributed by atoms with Gasteiger partial charge >= 0.3 is 0 Å².